The molecule has 1 fully saturated rings. The van der Waals surface area contributed by atoms with Gasteiger partial charge in [0, 0.05) is 11.8 Å². The van der Waals surface area contributed by atoms with Gasteiger partial charge in [0.05, 0.1) is 12.2 Å². The van der Waals surface area contributed by atoms with Crippen LogP contribution in [0.5, 0.6) is 5.75 Å². The molecule has 0 radical (unpaired) electrons. The van der Waals surface area contributed by atoms with Crippen LogP contribution in [0.15, 0.2) is 24.3 Å². The van der Waals surface area contributed by atoms with Gasteiger partial charge in [-0.05, 0) is 25.0 Å². The molecule has 1 aliphatic heterocycles. The van der Waals surface area contributed by atoms with Crippen LogP contribution in [-0.4, -0.2) is 12.4 Å². The van der Waals surface area contributed by atoms with E-state index in [1.165, 1.54) is 12.8 Å². The minimum atomic E-state index is 0.206. The molecule has 2 atom stereocenters. The fourth-order valence-corrected chi connectivity index (χ4v) is 2.94. The molecule has 84 valence electrons. The first-order valence-electron chi connectivity index (χ1n) is 6.12. The molecule has 2 heteroatoms. The highest BCUT2D eigenvalue weighted by Gasteiger charge is 2.35. The van der Waals surface area contributed by atoms with Gasteiger partial charge in [-0.3, -0.25) is 4.79 Å². The lowest BCUT2D eigenvalue weighted by atomic mass is 9.76. The Bertz CT molecular complexity index is 411. The fraction of sp³-hybridized carbons (Fsp3) is 0.500. The van der Waals surface area contributed by atoms with E-state index in [0.29, 0.717) is 18.3 Å². The Morgan fingerprint density at radius 2 is 1.94 bits per heavy atom. The second-order valence-electron chi connectivity index (χ2n) is 4.82. The standard InChI is InChI=1S/C14H16O2/c15-14-11-6-2-1-5-10(11)9-16-13-8-4-3-7-12(13)14/h3-4,7-8,10-11H,1-2,5-6,9H2/t10-,11-/m1/s1. The van der Waals surface area contributed by atoms with Crippen LogP contribution < -0.4 is 4.74 Å². The monoisotopic (exact) mass is 216 g/mol. The number of benzene rings is 1. The average molecular weight is 216 g/mol. The molecular weight excluding hydrogens is 200 g/mol. The molecule has 0 aromatic heterocycles. The van der Waals surface area contributed by atoms with Crippen molar-refractivity contribution in [1.82, 2.24) is 0 Å². The lowest BCUT2D eigenvalue weighted by Crippen LogP contribution is -2.28. The van der Waals surface area contributed by atoms with Crippen molar-refractivity contribution in [2.24, 2.45) is 11.8 Å². The molecule has 2 nitrogen and oxygen atoms in total. The van der Waals surface area contributed by atoms with E-state index in [2.05, 4.69) is 0 Å². The molecule has 1 heterocycles. The predicted octanol–water partition coefficient (Wildman–Crippen LogP) is 3.07. The molecule has 1 aromatic rings. The molecule has 0 unspecified atom stereocenters. The minimum absolute atomic E-state index is 0.206. The van der Waals surface area contributed by atoms with E-state index in [0.717, 1.165) is 24.2 Å². The van der Waals surface area contributed by atoms with Gasteiger partial charge in [-0.2, -0.15) is 0 Å². The second kappa shape index (κ2) is 3.93. The third-order valence-electron chi connectivity index (χ3n) is 3.85. The summed E-state index contributed by atoms with van der Waals surface area (Å²) < 4.78 is 5.77. The van der Waals surface area contributed by atoms with E-state index in [9.17, 15) is 4.79 Å². The van der Waals surface area contributed by atoms with Crippen molar-refractivity contribution in [3.8, 4) is 5.75 Å². The van der Waals surface area contributed by atoms with E-state index in [1.807, 2.05) is 24.3 Å². The molecule has 0 N–H and O–H groups in total. The maximum Gasteiger partial charge on any atom is 0.170 e. The Kier molecular flexibility index (Phi) is 2.43. The van der Waals surface area contributed by atoms with Crippen LogP contribution in [0.4, 0.5) is 0 Å². The summed E-state index contributed by atoms with van der Waals surface area (Å²) in [6.07, 6.45) is 4.62. The molecule has 0 saturated heterocycles. The first-order valence-corrected chi connectivity index (χ1v) is 6.12. The van der Waals surface area contributed by atoms with Gasteiger partial charge in [-0.25, -0.2) is 0 Å². The van der Waals surface area contributed by atoms with Crippen molar-refractivity contribution in [2.75, 3.05) is 6.61 Å². The Morgan fingerprint density at radius 1 is 1.12 bits per heavy atom. The average Bonchev–Trinajstić information content (AvgIpc) is 2.49. The summed E-state index contributed by atoms with van der Waals surface area (Å²) in [5, 5.41) is 0. The topological polar surface area (TPSA) is 26.3 Å². The van der Waals surface area contributed by atoms with Crippen molar-refractivity contribution in [3.05, 3.63) is 29.8 Å². The van der Waals surface area contributed by atoms with Crippen molar-refractivity contribution in [2.45, 2.75) is 25.7 Å². The number of ether oxygens (including phenoxy) is 1. The van der Waals surface area contributed by atoms with Gasteiger partial charge >= 0.3 is 0 Å². The van der Waals surface area contributed by atoms with Crippen molar-refractivity contribution in [1.29, 1.82) is 0 Å². The molecule has 1 aliphatic carbocycles. The molecule has 0 spiro atoms. The Hall–Kier alpha value is -1.31. The van der Waals surface area contributed by atoms with Crippen LogP contribution in [0.1, 0.15) is 36.0 Å². The number of carbonyl (C=O) groups excluding carboxylic acids is 1. The van der Waals surface area contributed by atoms with Crippen LogP contribution in [-0.2, 0) is 0 Å². The lowest BCUT2D eigenvalue weighted by Gasteiger charge is -2.27. The number of hydrogen-bond acceptors (Lipinski definition) is 2. The zero-order valence-corrected chi connectivity index (χ0v) is 9.32. The third-order valence-corrected chi connectivity index (χ3v) is 3.85. The normalized spacial score (nSPS) is 28.6. The highest BCUT2D eigenvalue weighted by atomic mass is 16.5. The third kappa shape index (κ3) is 1.53. The predicted molar refractivity (Wildman–Crippen MR) is 61.7 cm³/mol. The number of hydrogen-bond donors (Lipinski definition) is 0. The maximum atomic E-state index is 12.4. The molecule has 16 heavy (non-hydrogen) atoms. The zero-order valence-electron chi connectivity index (χ0n) is 9.32. The summed E-state index contributed by atoms with van der Waals surface area (Å²) in [6, 6.07) is 7.66. The van der Waals surface area contributed by atoms with Crippen molar-refractivity contribution >= 4 is 5.78 Å². The van der Waals surface area contributed by atoms with Gasteiger partial charge in [0.1, 0.15) is 5.75 Å². The van der Waals surface area contributed by atoms with E-state index in [1.54, 1.807) is 0 Å². The number of fused-ring (bicyclic) bond motifs is 2. The van der Waals surface area contributed by atoms with Crippen molar-refractivity contribution < 1.29 is 9.53 Å². The van der Waals surface area contributed by atoms with Crippen LogP contribution in [0.25, 0.3) is 0 Å². The summed E-state index contributed by atoms with van der Waals surface area (Å²) in [5.74, 6) is 1.73. The second-order valence-corrected chi connectivity index (χ2v) is 4.82. The van der Waals surface area contributed by atoms with Gasteiger partial charge in [-0.15, -0.1) is 0 Å². The minimum Gasteiger partial charge on any atom is -0.493 e. The number of carbonyl (C=O) groups is 1. The summed E-state index contributed by atoms with van der Waals surface area (Å²) >= 11 is 0. The van der Waals surface area contributed by atoms with Crippen LogP contribution in [0.2, 0.25) is 0 Å². The molecule has 2 aliphatic rings. The molecule has 3 rings (SSSR count). The first kappa shape index (κ1) is 9.88. The Morgan fingerprint density at radius 3 is 2.88 bits per heavy atom. The molecule has 1 saturated carbocycles. The van der Waals surface area contributed by atoms with E-state index in [4.69, 9.17) is 4.74 Å². The SMILES string of the molecule is O=C1c2ccccc2OC[C@H]2CCCC[C@@H]12. The highest BCUT2D eigenvalue weighted by Crippen LogP contribution is 2.37. The Balaban J connectivity index is 1.99. The van der Waals surface area contributed by atoms with E-state index in [-0.39, 0.29) is 5.92 Å². The molecule has 0 amide bonds. The van der Waals surface area contributed by atoms with Gasteiger partial charge in [0.15, 0.2) is 5.78 Å². The Labute approximate surface area is 95.6 Å². The molecule has 0 bridgehead atoms. The van der Waals surface area contributed by atoms with E-state index < -0.39 is 0 Å². The summed E-state index contributed by atoms with van der Waals surface area (Å²) in [4.78, 5) is 12.4. The molecular formula is C14H16O2. The summed E-state index contributed by atoms with van der Waals surface area (Å²) in [7, 11) is 0. The summed E-state index contributed by atoms with van der Waals surface area (Å²) in [5.41, 5.74) is 0.789. The quantitative estimate of drug-likeness (QED) is 0.666. The first-order chi connectivity index (χ1) is 7.86. The molecule has 1 aromatic carbocycles. The number of para-hydroxylation sites is 1. The van der Waals surface area contributed by atoms with Crippen molar-refractivity contribution in [3.63, 3.8) is 0 Å². The van der Waals surface area contributed by atoms with E-state index >= 15 is 0 Å². The smallest absolute Gasteiger partial charge is 0.170 e. The van der Waals surface area contributed by atoms with Crippen LogP contribution >= 0.6 is 0 Å². The van der Waals surface area contributed by atoms with Gasteiger partial charge in [-0.1, -0.05) is 25.0 Å². The van der Waals surface area contributed by atoms with Crippen LogP contribution in [0, 0.1) is 11.8 Å². The fourth-order valence-electron chi connectivity index (χ4n) is 2.94. The lowest BCUT2D eigenvalue weighted by molar-refractivity contribution is 0.0802. The highest BCUT2D eigenvalue weighted by molar-refractivity contribution is 6.00. The number of Topliss-reactive ketones (excluding diaryl/α,β-unsaturated/α-hetero) is 1. The zero-order chi connectivity index (χ0) is 11.0. The van der Waals surface area contributed by atoms with Gasteiger partial charge in [0.2, 0.25) is 0 Å². The largest absolute Gasteiger partial charge is 0.493 e. The van der Waals surface area contributed by atoms with Gasteiger partial charge < -0.3 is 4.74 Å². The number of ketones is 1. The van der Waals surface area contributed by atoms with Crippen LogP contribution in [0.3, 0.4) is 0 Å². The summed E-state index contributed by atoms with van der Waals surface area (Å²) in [6.45, 7) is 0.716. The number of rotatable bonds is 0. The van der Waals surface area contributed by atoms with Gasteiger partial charge in [0.25, 0.3) is 0 Å². The maximum absolute atomic E-state index is 12.4.